The molecule has 0 saturated carbocycles. The molecule has 0 spiro atoms. The van der Waals surface area contributed by atoms with E-state index in [4.69, 9.17) is 9.84 Å². The molecule has 0 amide bonds. The quantitative estimate of drug-likeness (QED) is 0.572. The van der Waals surface area contributed by atoms with Crippen LogP contribution in [0.1, 0.15) is 26.2 Å². The zero-order valence-corrected chi connectivity index (χ0v) is 9.07. The molecule has 4 heteroatoms. The van der Waals surface area contributed by atoms with Crippen LogP contribution in [-0.4, -0.2) is 37.0 Å². The van der Waals surface area contributed by atoms with E-state index in [9.17, 15) is 4.79 Å². The zero-order chi connectivity index (χ0) is 11.1. The third-order valence-electron chi connectivity index (χ3n) is 2.25. The van der Waals surface area contributed by atoms with Crippen molar-refractivity contribution in [2.24, 2.45) is 0 Å². The molecule has 1 unspecified atom stereocenters. The average Bonchev–Trinajstić information content (AvgIpc) is 3.01. The first-order valence-corrected chi connectivity index (χ1v) is 5.29. The smallest absolute Gasteiger partial charge is 0.330 e. The van der Waals surface area contributed by atoms with E-state index >= 15 is 0 Å². The molecule has 2 saturated heterocycles. The van der Waals surface area contributed by atoms with Gasteiger partial charge in [0.25, 0.3) is 0 Å². The SMILES string of the molecule is C1CO1.CC(=CCC1CCCO1)C(=O)O. The normalized spacial score (nSPS) is 24.3. The van der Waals surface area contributed by atoms with Crippen molar-refractivity contribution >= 4 is 5.97 Å². The van der Waals surface area contributed by atoms with Gasteiger partial charge in [-0.05, 0) is 26.2 Å². The van der Waals surface area contributed by atoms with Gasteiger partial charge in [-0.25, -0.2) is 4.79 Å². The van der Waals surface area contributed by atoms with Crippen LogP contribution in [0, 0.1) is 0 Å². The Morgan fingerprint density at radius 1 is 1.47 bits per heavy atom. The number of hydrogen-bond donors (Lipinski definition) is 1. The molecule has 2 fully saturated rings. The van der Waals surface area contributed by atoms with Crippen LogP contribution in [0.5, 0.6) is 0 Å². The van der Waals surface area contributed by atoms with E-state index in [1.54, 1.807) is 13.0 Å². The van der Waals surface area contributed by atoms with Gasteiger partial charge in [-0.1, -0.05) is 6.08 Å². The minimum Gasteiger partial charge on any atom is -0.478 e. The largest absolute Gasteiger partial charge is 0.478 e. The number of epoxide rings is 1. The number of aliphatic carboxylic acids is 1. The highest BCUT2D eigenvalue weighted by atomic mass is 16.6. The van der Waals surface area contributed by atoms with Gasteiger partial charge in [-0.3, -0.25) is 0 Å². The molecule has 2 rings (SSSR count). The molecule has 0 aromatic rings. The third-order valence-corrected chi connectivity index (χ3v) is 2.25. The van der Waals surface area contributed by atoms with E-state index in [0.29, 0.717) is 5.57 Å². The van der Waals surface area contributed by atoms with Crippen LogP contribution in [0.3, 0.4) is 0 Å². The van der Waals surface area contributed by atoms with Crippen molar-refractivity contribution in [1.29, 1.82) is 0 Å². The first-order chi connectivity index (χ1) is 7.20. The van der Waals surface area contributed by atoms with Crippen LogP contribution >= 0.6 is 0 Å². The van der Waals surface area contributed by atoms with Crippen LogP contribution in [0.2, 0.25) is 0 Å². The molecule has 0 aromatic heterocycles. The highest BCUT2D eigenvalue weighted by Crippen LogP contribution is 2.16. The number of hydrogen-bond acceptors (Lipinski definition) is 3. The molecule has 86 valence electrons. The van der Waals surface area contributed by atoms with Crippen molar-refractivity contribution in [1.82, 2.24) is 0 Å². The standard InChI is InChI=1S/C9H14O3.C2H4O/c1-7(9(10)11)4-5-8-3-2-6-12-8;1-2-3-1/h4,8H,2-3,5-6H2,1H3,(H,10,11);1-2H2. The van der Waals surface area contributed by atoms with Gasteiger partial charge in [-0.2, -0.15) is 0 Å². The van der Waals surface area contributed by atoms with Crippen LogP contribution in [0.25, 0.3) is 0 Å². The maximum atomic E-state index is 10.4. The fourth-order valence-corrected chi connectivity index (χ4v) is 1.23. The van der Waals surface area contributed by atoms with E-state index in [0.717, 1.165) is 39.1 Å². The van der Waals surface area contributed by atoms with Gasteiger partial charge in [0.1, 0.15) is 0 Å². The Morgan fingerprint density at radius 2 is 2.13 bits per heavy atom. The first-order valence-electron chi connectivity index (χ1n) is 5.29. The summed E-state index contributed by atoms with van der Waals surface area (Å²) < 4.78 is 9.85. The van der Waals surface area contributed by atoms with Gasteiger partial charge in [0, 0.05) is 12.2 Å². The Hall–Kier alpha value is -0.870. The summed E-state index contributed by atoms with van der Waals surface area (Å²) >= 11 is 0. The molecule has 15 heavy (non-hydrogen) atoms. The van der Waals surface area contributed by atoms with Crippen molar-refractivity contribution < 1.29 is 19.4 Å². The number of rotatable bonds is 3. The van der Waals surface area contributed by atoms with E-state index in [2.05, 4.69) is 4.74 Å². The monoisotopic (exact) mass is 214 g/mol. The van der Waals surface area contributed by atoms with Gasteiger partial charge < -0.3 is 14.6 Å². The summed E-state index contributed by atoms with van der Waals surface area (Å²) in [4.78, 5) is 10.4. The molecule has 2 heterocycles. The lowest BCUT2D eigenvalue weighted by molar-refractivity contribution is -0.132. The highest BCUT2D eigenvalue weighted by molar-refractivity contribution is 5.85. The van der Waals surface area contributed by atoms with Crippen molar-refractivity contribution in [2.45, 2.75) is 32.3 Å². The molecule has 2 aliphatic heterocycles. The molecule has 2 aliphatic rings. The minimum absolute atomic E-state index is 0.249. The number of carboxylic acid groups (broad SMARTS) is 1. The molecule has 0 aliphatic carbocycles. The summed E-state index contributed by atoms with van der Waals surface area (Å²) in [7, 11) is 0. The molecular formula is C11H18O4. The van der Waals surface area contributed by atoms with Gasteiger partial charge in [-0.15, -0.1) is 0 Å². The second-order valence-electron chi connectivity index (χ2n) is 3.68. The summed E-state index contributed by atoms with van der Waals surface area (Å²) in [5, 5.41) is 8.55. The number of carbonyl (C=O) groups is 1. The van der Waals surface area contributed by atoms with E-state index < -0.39 is 5.97 Å². The van der Waals surface area contributed by atoms with Crippen LogP contribution < -0.4 is 0 Å². The topological polar surface area (TPSA) is 59.1 Å². The van der Waals surface area contributed by atoms with Crippen LogP contribution in [0.15, 0.2) is 11.6 Å². The Labute approximate surface area is 89.9 Å². The number of ether oxygens (including phenoxy) is 2. The molecule has 0 radical (unpaired) electrons. The Balaban J connectivity index is 0.000000319. The molecule has 0 aromatic carbocycles. The lowest BCUT2D eigenvalue weighted by atomic mass is 10.1. The summed E-state index contributed by atoms with van der Waals surface area (Å²) in [5.74, 6) is -0.840. The van der Waals surface area contributed by atoms with E-state index in [1.807, 2.05) is 0 Å². The Kier molecular flexibility index (Phi) is 5.36. The van der Waals surface area contributed by atoms with Crippen molar-refractivity contribution in [2.75, 3.05) is 19.8 Å². The highest BCUT2D eigenvalue weighted by Gasteiger charge is 2.14. The molecule has 4 nitrogen and oxygen atoms in total. The summed E-state index contributed by atoms with van der Waals surface area (Å²) in [6.07, 6.45) is 4.88. The van der Waals surface area contributed by atoms with E-state index in [1.165, 1.54) is 0 Å². The van der Waals surface area contributed by atoms with Crippen molar-refractivity contribution in [3.63, 3.8) is 0 Å². The van der Waals surface area contributed by atoms with Gasteiger partial charge in [0.05, 0.1) is 19.3 Å². The maximum absolute atomic E-state index is 10.4. The van der Waals surface area contributed by atoms with Gasteiger partial charge in [0.15, 0.2) is 0 Å². The predicted molar refractivity (Wildman–Crippen MR) is 55.8 cm³/mol. The van der Waals surface area contributed by atoms with Crippen LogP contribution in [0.4, 0.5) is 0 Å². The lowest BCUT2D eigenvalue weighted by Crippen LogP contribution is -2.04. The fourth-order valence-electron chi connectivity index (χ4n) is 1.23. The second-order valence-corrected chi connectivity index (χ2v) is 3.68. The Bertz CT molecular complexity index is 224. The first kappa shape index (κ1) is 12.2. The molecule has 0 bridgehead atoms. The van der Waals surface area contributed by atoms with Crippen molar-refractivity contribution in [3.8, 4) is 0 Å². The van der Waals surface area contributed by atoms with E-state index in [-0.39, 0.29) is 6.10 Å². The summed E-state index contributed by atoms with van der Waals surface area (Å²) in [6, 6.07) is 0. The summed E-state index contributed by atoms with van der Waals surface area (Å²) in [6.45, 7) is 4.43. The van der Waals surface area contributed by atoms with Crippen molar-refractivity contribution in [3.05, 3.63) is 11.6 Å². The molecule has 1 N–H and O–H groups in total. The lowest BCUT2D eigenvalue weighted by Gasteiger charge is -2.04. The van der Waals surface area contributed by atoms with Crippen LogP contribution in [-0.2, 0) is 14.3 Å². The minimum atomic E-state index is -0.840. The Morgan fingerprint density at radius 3 is 2.53 bits per heavy atom. The maximum Gasteiger partial charge on any atom is 0.330 e. The fraction of sp³-hybridized carbons (Fsp3) is 0.727. The third kappa shape index (κ3) is 6.25. The summed E-state index contributed by atoms with van der Waals surface area (Å²) in [5.41, 5.74) is 0.408. The second kappa shape index (κ2) is 6.58. The average molecular weight is 214 g/mol. The molecule has 1 atom stereocenters. The zero-order valence-electron chi connectivity index (χ0n) is 9.07. The van der Waals surface area contributed by atoms with Gasteiger partial charge in [0.2, 0.25) is 0 Å². The molecular weight excluding hydrogens is 196 g/mol. The number of carboxylic acids is 1. The van der Waals surface area contributed by atoms with Gasteiger partial charge >= 0.3 is 5.97 Å². The predicted octanol–water partition coefficient (Wildman–Crippen LogP) is 1.60.